The first kappa shape index (κ1) is 10.2. The molecular formula is C7H12N2O3S. The van der Waals surface area contributed by atoms with E-state index in [1.54, 1.807) is 18.9 Å². The molecular weight excluding hydrogens is 192 g/mol. The molecule has 6 heteroatoms. The fourth-order valence-corrected chi connectivity index (χ4v) is 1.79. The van der Waals surface area contributed by atoms with Crippen molar-refractivity contribution >= 4 is 16.3 Å². The lowest BCUT2D eigenvalue weighted by Gasteiger charge is -2.28. The summed E-state index contributed by atoms with van der Waals surface area (Å²) in [7, 11) is -2.42. The molecule has 13 heavy (non-hydrogen) atoms. The van der Waals surface area contributed by atoms with Gasteiger partial charge in [0.1, 0.15) is 11.1 Å². The van der Waals surface area contributed by atoms with Crippen LogP contribution >= 0.6 is 0 Å². The number of rotatable bonds is 1. The van der Waals surface area contributed by atoms with Crippen LogP contribution in [0.15, 0.2) is 15.6 Å². The Bertz CT molecular complexity index is 369. The summed E-state index contributed by atoms with van der Waals surface area (Å²) in [4.78, 5) is 5.47. The van der Waals surface area contributed by atoms with Gasteiger partial charge in [0.25, 0.3) is 10.1 Å². The van der Waals surface area contributed by atoms with Crippen LogP contribution in [0, 0.1) is 0 Å². The van der Waals surface area contributed by atoms with Gasteiger partial charge in [0.2, 0.25) is 0 Å². The van der Waals surface area contributed by atoms with E-state index in [0.29, 0.717) is 5.70 Å². The van der Waals surface area contributed by atoms with Crippen molar-refractivity contribution < 1.29 is 13.0 Å². The average molecular weight is 204 g/mol. The molecule has 0 aromatic heterocycles. The number of aliphatic imine (C=N–C) groups is 1. The first-order valence-electron chi connectivity index (χ1n) is 3.78. The van der Waals surface area contributed by atoms with Gasteiger partial charge < -0.3 is 4.90 Å². The Hall–Kier alpha value is -0.880. The fraction of sp³-hybridized carbons (Fsp3) is 0.571. The monoisotopic (exact) mass is 204 g/mol. The zero-order valence-electron chi connectivity index (χ0n) is 7.72. The zero-order chi connectivity index (χ0) is 10.2. The van der Waals surface area contributed by atoms with Crippen LogP contribution in [0.5, 0.6) is 0 Å². The van der Waals surface area contributed by atoms with E-state index in [0.717, 1.165) is 0 Å². The molecule has 0 amide bonds. The van der Waals surface area contributed by atoms with Crippen molar-refractivity contribution in [2.45, 2.75) is 20.0 Å². The maximum Gasteiger partial charge on any atom is 0.297 e. The van der Waals surface area contributed by atoms with E-state index in [2.05, 4.69) is 4.99 Å². The van der Waals surface area contributed by atoms with E-state index in [1.807, 2.05) is 6.92 Å². The Morgan fingerprint density at radius 1 is 1.62 bits per heavy atom. The predicted octanol–water partition coefficient (Wildman–Crippen LogP) is 0.468. The summed E-state index contributed by atoms with van der Waals surface area (Å²) in [5.74, 6) is 0. The minimum Gasteiger partial charge on any atom is -0.355 e. The number of hydrogen-bond acceptors (Lipinski definition) is 4. The molecule has 0 radical (unpaired) electrons. The molecule has 1 atom stereocenters. The third kappa shape index (κ3) is 1.89. The summed E-state index contributed by atoms with van der Waals surface area (Å²) in [6.07, 6.45) is 1.10. The van der Waals surface area contributed by atoms with Gasteiger partial charge in [-0.05, 0) is 13.8 Å². The van der Waals surface area contributed by atoms with Gasteiger partial charge in [-0.25, -0.2) is 0 Å². The van der Waals surface area contributed by atoms with Crippen LogP contribution in [0.25, 0.3) is 0 Å². The van der Waals surface area contributed by atoms with Crippen LogP contribution in [-0.4, -0.2) is 37.3 Å². The molecule has 1 aliphatic rings. The molecule has 0 fully saturated rings. The summed E-state index contributed by atoms with van der Waals surface area (Å²) in [6.45, 7) is 3.46. The third-order valence-electron chi connectivity index (χ3n) is 2.13. The second-order valence-electron chi connectivity index (χ2n) is 2.95. The molecule has 0 saturated heterocycles. The second-order valence-corrected chi connectivity index (χ2v) is 4.34. The lowest BCUT2D eigenvalue weighted by molar-refractivity contribution is 0.328. The summed E-state index contributed by atoms with van der Waals surface area (Å²) < 4.78 is 30.5. The van der Waals surface area contributed by atoms with E-state index in [-0.39, 0.29) is 11.1 Å². The quantitative estimate of drug-likeness (QED) is 0.630. The summed E-state index contributed by atoms with van der Waals surface area (Å²) in [6, 6.07) is 0. The largest absolute Gasteiger partial charge is 0.355 e. The molecule has 5 nitrogen and oxygen atoms in total. The summed E-state index contributed by atoms with van der Waals surface area (Å²) in [5.41, 5.74) is 0.505. The van der Waals surface area contributed by atoms with Crippen molar-refractivity contribution in [3.05, 3.63) is 10.6 Å². The summed E-state index contributed by atoms with van der Waals surface area (Å²) in [5, 5.41) is 0. The molecule has 1 rings (SSSR count). The van der Waals surface area contributed by atoms with Gasteiger partial charge in [-0.15, -0.1) is 0 Å². The molecule has 0 bridgehead atoms. The highest BCUT2D eigenvalue weighted by Gasteiger charge is 2.23. The second kappa shape index (κ2) is 3.12. The Morgan fingerprint density at radius 3 is 2.62 bits per heavy atom. The molecule has 1 heterocycles. The van der Waals surface area contributed by atoms with Crippen LogP contribution in [0.3, 0.4) is 0 Å². The van der Waals surface area contributed by atoms with Crippen molar-refractivity contribution in [1.82, 2.24) is 4.90 Å². The van der Waals surface area contributed by atoms with E-state index in [4.69, 9.17) is 4.55 Å². The lowest BCUT2D eigenvalue weighted by atomic mass is 10.3. The Kier molecular flexibility index (Phi) is 2.44. The number of hydrogen-bond donors (Lipinski definition) is 1. The molecule has 74 valence electrons. The van der Waals surface area contributed by atoms with E-state index >= 15 is 0 Å². The molecule has 0 spiro atoms. The van der Waals surface area contributed by atoms with Gasteiger partial charge in [0.15, 0.2) is 0 Å². The van der Waals surface area contributed by atoms with E-state index in [1.165, 1.54) is 6.21 Å². The van der Waals surface area contributed by atoms with Gasteiger partial charge in [0, 0.05) is 19.0 Å². The smallest absolute Gasteiger partial charge is 0.297 e. The topological polar surface area (TPSA) is 70.0 Å². The zero-order valence-corrected chi connectivity index (χ0v) is 8.54. The third-order valence-corrected chi connectivity index (χ3v) is 3.09. The van der Waals surface area contributed by atoms with Crippen LogP contribution in [0.1, 0.15) is 13.8 Å². The van der Waals surface area contributed by atoms with Gasteiger partial charge in [0.05, 0.1) is 0 Å². The van der Waals surface area contributed by atoms with Gasteiger partial charge in [-0.3, -0.25) is 9.55 Å². The maximum atomic E-state index is 10.8. The number of allylic oxidation sites excluding steroid dienone is 2. The first-order chi connectivity index (χ1) is 5.84. The average Bonchev–Trinajstić information content (AvgIpc) is 1.98. The standard InChI is InChI=1S/C7H12N2O3S/c1-5-7(13(10,11)12)4-8-6(2)9(5)3/h4,6H,1-3H3,(H,10,11,12). The molecule has 0 aromatic rings. The normalized spacial score (nSPS) is 24.0. The Balaban J connectivity index is 3.21. The molecule has 0 aliphatic carbocycles. The molecule has 0 aromatic carbocycles. The lowest BCUT2D eigenvalue weighted by Crippen LogP contribution is -2.31. The molecule has 1 unspecified atom stereocenters. The van der Waals surface area contributed by atoms with Crippen molar-refractivity contribution in [2.75, 3.05) is 7.05 Å². The highest BCUT2D eigenvalue weighted by atomic mass is 32.2. The van der Waals surface area contributed by atoms with Gasteiger partial charge in [-0.2, -0.15) is 8.42 Å². The highest BCUT2D eigenvalue weighted by Crippen LogP contribution is 2.19. The Labute approximate surface area is 77.5 Å². The van der Waals surface area contributed by atoms with Crippen LogP contribution in [0.2, 0.25) is 0 Å². The van der Waals surface area contributed by atoms with Crippen LogP contribution < -0.4 is 0 Å². The maximum absolute atomic E-state index is 10.8. The summed E-state index contributed by atoms with van der Waals surface area (Å²) >= 11 is 0. The van der Waals surface area contributed by atoms with Crippen molar-refractivity contribution in [3.8, 4) is 0 Å². The SMILES string of the molecule is CC1=C(S(=O)(=O)O)C=NC(C)N1C. The minimum absolute atomic E-state index is 0.0921. The van der Waals surface area contributed by atoms with Crippen molar-refractivity contribution in [3.63, 3.8) is 0 Å². The molecule has 1 aliphatic heterocycles. The van der Waals surface area contributed by atoms with Crippen LogP contribution in [0.4, 0.5) is 0 Å². The molecule has 0 saturated carbocycles. The van der Waals surface area contributed by atoms with E-state index in [9.17, 15) is 8.42 Å². The number of nitrogens with zero attached hydrogens (tertiary/aromatic N) is 2. The van der Waals surface area contributed by atoms with Gasteiger partial charge in [-0.1, -0.05) is 0 Å². The highest BCUT2D eigenvalue weighted by molar-refractivity contribution is 7.90. The molecule has 1 N–H and O–H groups in total. The predicted molar refractivity (Wildman–Crippen MR) is 50.0 cm³/mol. The Morgan fingerprint density at radius 2 is 2.15 bits per heavy atom. The minimum atomic E-state index is -4.14. The van der Waals surface area contributed by atoms with Crippen molar-refractivity contribution in [1.29, 1.82) is 0 Å². The van der Waals surface area contributed by atoms with E-state index < -0.39 is 10.1 Å². The fourth-order valence-electron chi connectivity index (χ4n) is 1.08. The van der Waals surface area contributed by atoms with Crippen LogP contribution in [-0.2, 0) is 10.1 Å². The van der Waals surface area contributed by atoms with Crippen molar-refractivity contribution in [2.24, 2.45) is 4.99 Å². The first-order valence-corrected chi connectivity index (χ1v) is 5.22. The van der Waals surface area contributed by atoms with Gasteiger partial charge >= 0.3 is 0 Å².